The average Bonchev–Trinajstić information content (AvgIpc) is 3.27. The van der Waals surface area contributed by atoms with Gasteiger partial charge in [-0.2, -0.15) is 0 Å². The number of ether oxygens (including phenoxy) is 2. The summed E-state index contributed by atoms with van der Waals surface area (Å²) in [5.41, 5.74) is 5.25. The van der Waals surface area contributed by atoms with Crippen LogP contribution >= 0.6 is 0 Å². The number of carbonyl (C=O) groups is 1. The van der Waals surface area contributed by atoms with E-state index in [-0.39, 0.29) is 16.4 Å². The number of hydrogen-bond acceptors (Lipinski definition) is 3. The molecule has 5 rings (SSSR count). The predicted octanol–water partition coefficient (Wildman–Crippen LogP) is 6.13. The number of carboxylic acid groups (broad SMARTS) is 1. The molecule has 0 aromatic heterocycles. The van der Waals surface area contributed by atoms with Gasteiger partial charge >= 0.3 is 5.97 Å². The summed E-state index contributed by atoms with van der Waals surface area (Å²) >= 11 is 0. The van der Waals surface area contributed by atoms with E-state index in [2.05, 4.69) is 52.0 Å². The molecule has 32 heavy (non-hydrogen) atoms. The molecule has 3 aromatic carbocycles. The van der Waals surface area contributed by atoms with Gasteiger partial charge in [0, 0.05) is 11.1 Å². The van der Waals surface area contributed by atoms with Crippen LogP contribution in [0.25, 0.3) is 10.8 Å². The van der Waals surface area contributed by atoms with Crippen LogP contribution < -0.4 is 0 Å². The summed E-state index contributed by atoms with van der Waals surface area (Å²) in [5.74, 6) is -1.87. The first-order valence-corrected chi connectivity index (χ1v) is 11.3. The van der Waals surface area contributed by atoms with Gasteiger partial charge in [-0.15, -0.1) is 0 Å². The molecule has 0 atom stereocenters. The summed E-state index contributed by atoms with van der Waals surface area (Å²) in [4.78, 5) is 11.3. The Balaban J connectivity index is 1.65. The minimum absolute atomic E-state index is 0.0945. The molecule has 1 aliphatic carbocycles. The van der Waals surface area contributed by atoms with E-state index in [1.165, 1.54) is 17.5 Å². The van der Waals surface area contributed by atoms with Crippen molar-refractivity contribution in [3.05, 3.63) is 82.4 Å². The molecule has 0 saturated carbocycles. The topological polar surface area (TPSA) is 55.8 Å². The molecule has 3 aromatic rings. The SMILES string of the molecule is CC1(C)CCC(C)(C)c2cc(C3(c4ccc5cc(C(=O)O)ccc5c4)OCCO3)ccc21. The largest absolute Gasteiger partial charge is 0.478 e. The van der Waals surface area contributed by atoms with Crippen molar-refractivity contribution in [1.29, 1.82) is 0 Å². The number of benzene rings is 3. The number of rotatable bonds is 3. The Morgan fingerprint density at radius 1 is 0.750 bits per heavy atom. The van der Waals surface area contributed by atoms with E-state index in [0.717, 1.165) is 28.3 Å². The molecule has 4 heteroatoms. The second-order valence-electron chi connectivity index (χ2n) is 10.4. The van der Waals surface area contributed by atoms with Crippen molar-refractivity contribution in [3.63, 3.8) is 0 Å². The molecular formula is C28H30O4. The zero-order valence-corrected chi connectivity index (χ0v) is 19.2. The lowest BCUT2D eigenvalue weighted by molar-refractivity contribution is -0.129. The molecule has 0 radical (unpaired) electrons. The van der Waals surface area contributed by atoms with Gasteiger partial charge in [-0.1, -0.05) is 58.0 Å². The minimum atomic E-state index is -0.952. The van der Waals surface area contributed by atoms with Gasteiger partial charge < -0.3 is 14.6 Å². The molecule has 0 spiro atoms. The second kappa shape index (κ2) is 7.16. The number of hydrogen-bond donors (Lipinski definition) is 1. The highest BCUT2D eigenvalue weighted by Crippen LogP contribution is 2.48. The first-order chi connectivity index (χ1) is 15.1. The van der Waals surface area contributed by atoms with Crippen molar-refractivity contribution in [1.82, 2.24) is 0 Å². The standard InChI is InChI=1S/C28H30O4/c1-26(2)11-12-27(3,4)24-17-22(9-10-23(24)26)28(31-13-14-32-28)21-8-7-18-15-20(25(29)30)6-5-19(18)16-21/h5-10,15-17H,11-14H2,1-4H3,(H,29,30). The monoisotopic (exact) mass is 430 g/mol. The molecule has 0 bridgehead atoms. The zero-order valence-electron chi connectivity index (χ0n) is 19.2. The molecule has 0 amide bonds. The number of fused-ring (bicyclic) bond motifs is 2. The first-order valence-electron chi connectivity index (χ1n) is 11.3. The molecule has 166 valence electrons. The molecule has 4 nitrogen and oxygen atoms in total. The Morgan fingerprint density at radius 3 is 2.00 bits per heavy atom. The van der Waals surface area contributed by atoms with Crippen LogP contribution in [0.4, 0.5) is 0 Å². The van der Waals surface area contributed by atoms with Crippen LogP contribution in [0.15, 0.2) is 54.6 Å². The summed E-state index contributed by atoms with van der Waals surface area (Å²) in [6.45, 7) is 10.4. The van der Waals surface area contributed by atoms with E-state index in [1.807, 2.05) is 18.2 Å². The third-order valence-electron chi connectivity index (χ3n) is 7.39. The Hall–Kier alpha value is -2.69. The number of carboxylic acids is 1. The van der Waals surface area contributed by atoms with Gasteiger partial charge in [0.1, 0.15) is 0 Å². The minimum Gasteiger partial charge on any atom is -0.478 e. The van der Waals surface area contributed by atoms with Crippen LogP contribution in [-0.4, -0.2) is 24.3 Å². The van der Waals surface area contributed by atoms with Gasteiger partial charge in [0.2, 0.25) is 5.79 Å². The highest BCUT2D eigenvalue weighted by Gasteiger charge is 2.43. The summed E-state index contributed by atoms with van der Waals surface area (Å²) < 4.78 is 12.6. The molecule has 0 unspecified atom stereocenters. The van der Waals surface area contributed by atoms with Crippen LogP contribution in [0.3, 0.4) is 0 Å². The molecule has 1 aliphatic heterocycles. The summed E-state index contributed by atoms with van der Waals surface area (Å²) in [7, 11) is 0. The molecule has 1 saturated heterocycles. The van der Waals surface area contributed by atoms with E-state index >= 15 is 0 Å². The lowest BCUT2D eigenvalue weighted by Gasteiger charge is -2.42. The second-order valence-corrected chi connectivity index (χ2v) is 10.4. The Morgan fingerprint density at radius 2 is 1.31 bits per heavy atom. The van der Waals surface area contributed by atoms with Gasteiger partial charge in [-0.25, -0.2) is 4.79 Å². The maximum atomic E-state index is 11.3. The van der Waals surface area contributed by atoms with E-state index in [4.69, 9.17) is 9.47 Å². The van der Waals surface area contributed by atoms with E-state index in [0.29, 0.717) is 13.2 Å². The van der Waals surface area contributed by atoms with Crippen molar-refractivity contribution in [2.24, 2.45) is 0 Å². The Bertz CT molecular complexity index is 1220. The van der Waals surface area contributed by atoms with Gasteiger partial charge in [-0.05, 0) is 69.8 Å². The smallest absolute Gasteiger partial charge is 0.335 e. The predicted molar refractivity (Wildman–Crippen MR) is 125 cm³/mol. The van der Waals surface area contributed by atoms with Crippen LogP contribution in [0, 0.1) is 0 Å². The summed E-state index contributed by atoms with van der Waals surface area (Å²) in [5, 5.41) is 11.1. The molecule has 2 aliphatic rings. The third kappa shape index (κ3) is 3.25. The maximum Gasteiger partial charge on any atom is 0.335 e. The highest BCUT2D eigenvalue weighted by molar-refractivity contribution is 5.94. The van der Waals surface area contributed by atoms with Crippen LogP contribution in [0.1, 0.15) is 73.1 Å². The summed E-state index contributed by atoms with van der Waals surface area (Å²) in [6, 6.07) is 17.9. The lowest BCUT2D eigenvalue weighted by Crippen LogP contribution is -2.35. The van der Waals surface area contributed by atoms with Crippen molar-refractivity contribution >= 4 is 16.7 Å². The Kier molecular flexibility index (Phi) is 4.74. The van der Waals surface area contributed by atoms with Gasteiger partial charge in [0.15, 0.2) is 0 Å². The van der Waals surface area contributed by atoms with Crippen molar-refractivity contribution in [2.75, 3.05) is 13.2 Å². The van der Waals surface area contributed by atoms with Crippen LogP contribution in [0.2, 0.25) is 0 Å². The third-order valence-corrected chi connectivity index (χ3v) is 7.39. The number of aromatic carboxylic acids is 1. The molecule has 1 fully saturated rings. The molecule has 1 heterocycles. The Labute approximate surface area is 189 Å². The fraction of sp³-hybridized carbons (Fsp3) is 0.393. The van der Waals surface area contributed by atoms with Gasteiger partial charge in [0.05, 0.1) is 18.8 Å². The van der Waals surface area contributed by atoms with Crippen molar-refractivity contribution < 1.29 is 19.4 Å². The van der Waals surface area contributed by atoms with Gasteiger partial charge in [-0.3, -0.25) is 0 Å². The van der Waals surface area contributed by atoms with Crippen molar-refractivity contribution in [2.45, 2.75) is 57.2 Å². The lowest BCUT2D eigenvalue weighted by atomic mass is 9.62. The van der Waals surface area contributed by atoms with Crippen LogP contribution in [-0.2, 0) is 26.1 Å². The van der Waals surface area contributed by atoms with Crippen molar-refractivity contribution in [3.8, 4) is 0 Å². The highest BCUT2D eigenvalue weighted by atomic mass is 16.7. The van der Waals surface area contributed by atoms with Crippen LogP contribution in [0.5, 0.6) is 0 Å². The normalized spacial score (nSPS) is 20.8. The van der Waals surface area contributed by atoms with E-state index < -0.39 is 11.8 Å². The summed E-state index contributed by atoms with van der Waals surface area (Å²) in [6.07, 6.45) is 2.32. The molecule has 1 N–H and O–H groups in total. The molecular weight excluding hydrogens is 400 g/mol. The fourth-order valence-electron chi connectivity index (χ4n) is 5.29. The maximum absolute atomic E-state index is 11.3. The van der Waals surface area contributed by atoms with E-state index in [9.17, 15) is 9.90 Å². The fourth-order valence-corrected chi connectivity index (χ4v) is 5.29. The zero-order chi connectivity index (χ0) is 22.7. The van der Waals surface area contributed by atoms with E-state index in [1.54, 1.807) is 12.1 Å². The first kappa shape index (κ1) is 21.2. The average molecular weight is 431 g/mol. The van der Waals surface area contributed by atoms with Gasteiger partial charge in [0.25, 0.3) is 0 Å². The quantitative estimate of drug-likeness (QED) is 0.543.